The number of nitrogens with zero attached hydrogens (tertiary/aromatic N) is 1. The first-order chi connectivity index (χ1) is 8.07. The van der Waals surface area contributed by atoms with E-state index in [9.17, 15) is 5.11 Å². The van der Waals surface area contributed by atoms with E-state index >= 15 is 0 Å². The molecule has 1 N–H and O–H groups in total. The Labute approximate surface area is 104 Å². The van der Waals surface area contributed by atoms with Crippen molar-refractivity contribution in [2.45, 2.75) is 44.8 Å². The Morgan fingerprint density at radius 3 is 2.65 bits per heavy atom. The molecule has 2 heteroatoms. The number of rotatable bonds is 4. The molecule has 0 bridgehead atoms. The molecule has 1 heterocycles. The van der Waals surface area contributed by atoms with Crippen molar-refractivity contribution in [1.82, 2.24) is 4.90 Å². The number of likely N-dealkylation sites (tertiary alicyclic amines) is 1. The number of hydrogen-bond donors (Lipinski definition) is 1. The van der Waals surface area contributed by atoms with E-state index in [0.29, 0.717) is 6.04 Å². The standard InChI is InChI=1S/C15H23NO/c1-15(2,17)14-9-6-11-16(14)12-10-13-7-4-3-5-8-13/h3-5,7-8,14,17H,6,9-12H2,1-2H3. The fourth-order valence-electron chi connectivity index (χ4n) is 2.81. The van der Waals surface area contributed by atoms with Crippen molar-refractivity contribution < 1.29 is 5.11 Å². The third-order valence-electron chi connectivity index (χ3n) is 3.71. The predicted molar refractivity (Wildman–Crippen MR) is 71.0 cm³/mol. The molecule has 1 saturated heterocycles. The quantitative estimate of drug-likeness (QED) is 0.863. The summed E-state index contributed by atoms with van der Waals surface area (Å²) in [6.07, 6.45) is 3.41. The first kappa shape index (κ1) is 12.6. The summed E-state index contributed by atoms with van der Waals surface area (Å²) in [7, 11) is 0. The molecule has 0 aromatic heterocycles. The summed E-state index contributed by atoms with van der Waals surface area (Å²) in [6.45, 7) is 6.04. The van der Waals surface area contributed by atoms with Gasteiger partial charge in [-0.2, -0.15) is 0 Å². The summed E-state index contributed by atoms with van der Waals surface area (Å²) in [5.41, 5.74) is 0.807. The maximum atomic E-state index is 10.1. The molecule has 1 atom stereocenters. The lowest BCUT2D eigenvalue weighted by atomic mass is 9.96. The highest BCUT2D eigenvalue weighted by Gasteiger charge is 2.35. The normalized spacial score (nSPS) is 21.9. The fourth-order valence-corrected chi connectivity index (χ4v) is 2.81. The first-order valence-corrected chi connectivity index (χ1v) is 6.58. The third-order valence-corrected chi connectivity index (χ3v) is 3.71. The van der Waals surface area contributed by atoms with Crippen molar-refractivity contribution in [2.24, 2.45) is 0 Å². The van der Waals surface area contributed by atoms with Gasteiger partial charge in [0.05, 0.1) is 5.60 Å². The molecule has 1 aromatic rings. The van der Waals surface area contributed by atoms with Crippen LogP contribution in [0.3, 0.4) is 0 Å². The van der Waals surface area contributed by atoms with Gasteiger partial charge in [0.15, 0.2) is 0 Å². The summed E-state index contributed by atoms with van der Waals surface area (Å²) >= 11 is 0. The SMILES string of the molecule is CC(C)(O)C1CCCN1CCc1ccccc1. The molecule has 94 valence electrons. The minimum absolute atomic E-state index is 0.325. The zero-order chi connectivity index (χ0) is 12.3. The van der Waals surface area contributed by atoms with Gasteiger partial charge < -0.3 is 5.11 Å². The molecule has 1 aromatic carbocycles. The summed E-state index contributed by atoms with van der Waals surface area (Å²) < 4.78 is 0. The zero-order valence-corrected chi connectivity index (χ0v) is 10.9. The average Bonchev–Trinajstić information content (AvgIpc) is 2.75. The fraction of sp³-hybridized carbons (Fsp3) is 0.600. The summed E-state index contributed by atoms with van der Waals surface area (Å²) in [4.78, 5) is 2.44. The van der Waals surface area contributed by atoms with E-state index in [1.165, 1.54) is 12.0 Å². The van der Waals surface area contributed by atoms with Gasteiger partial charge in [-0.25, -0.2) is 0 Å². The second-order valence-corrected chi connectivity index (χ2v) is 5.58. The second kappa shape index (κ2) is 5.19. The second-order valence-electron chi connectivity index (χ2n) is 5.58. The lowest BCUT2D eigenvalue weighted by Gasteiger charge is -2.33. The highest BCUT2D eigenvalue weighted by Crippen LogP contribution is 2.26. The van der Waals surface area contributed by atoms with E-state index < -0.39 is 5.60 Å². The van der Waals surface area contributed by atoms with E-state index in [1.807, 2.05) is 13.8 Å². The predicted octanol–water partition coefficient (Wildman–Crippen LogP) is 2.46. The minimum atomic E-state index is -0.576. The molecule has 1 aliphatic rings. The highest BCUT2D eigenvalue weighted by atomic mass is 16.3. The monoisotopic (exact) mass is 233 g/mol. The van der Waals surface area contributed by atoms with Crippen molar-refractivity contribution >= 4 is 0 Å². The Hall–Kier alpha value is -0.860. The largest absolute Gasteiger partial charge is 0.389 e. The van der Waals surface area contributed by atoms with Crippen molar-refractivity contribution in [2.75, 3.05) is 13.1 Å². The van der Waals surface area contributed by atoms with Crippen LogP contribution in [0.5, 0.6) is 0 Å². The molecule has 1 unspecified atom stereocenters. The highest BCUT2D eigenvalue weighted by molar-refractivity contribution is 5.15. The number of aliphatic hydroxyl groups is 1. The molecular weight excluding hydrogens is 210 g/mol. The van der Waals surface area contributed by atoms with Gasteiger partial charge in [-0.05, 0) is 45.2 Å². The maximum absolute atomic E-state index is 10.1. The van der Waals surface area contributed by atoms with E-state index in [1.54, 1.807) is 0 Å². The van der Waals surface area contributed by atoms with Gasteiger partial charge in [0.2, 0.25) is 0 Å². The lowest BCUT2D eigenvalue weighted by Crippen LogP contribution is -2.46. The van der Waals surface area contributed by atoms with Crippen LogP contribution in [-0.2, 0) is 6.42 Å². The van der Waals surface area contributed by atoms with Crippen molar-refractivity contribution in [3.63, 3.8) is 0 Å². The van der Waals surface area contributed by atoms with Gasteiger partial charge in [-0.15, -0.1) is 0 Å². The van der Waals surface area contributed by atoms with E-state index in [2.05, 4.69) is 35.2 Å². The summed E-state index contributed by atoms with van der Waals surface area (Å²) in [5, 5.41) is 10.1. The van der Waals surface area contributed by atoms with E-state index in [4.69, 9.17) is 0 Å². The van der Waals surface area contributed by atoms with Crippen LogP contribution in [0.2, 0.25) is 0 Å². The van der Waals surface area contributed by atoms with Crippen LogP contribution in [0, 0.1) is 0 Å². The van der Waals surface area contributed by atoms with Gasteiger partial charge >= 0.3 is 0 Å². The molecular formula is C15H23NO. The minimum Gasteiger partial charge on any atom is -0.389 e. The zero-order valence-electron chi connectivity index (χ0n) is 10.9. The Kier molecular flexibility index (Phi) is 3.85. The molecule has 17 heavy (non-hydrogen) atoms. The van der Waals surface area contributed by atoms with Crippen LogP contribution >= 0.6 is 0 Å². The Balaban J connectivity index is 1.91. The van der Waals surface area contributed by atoms with Crippen LogP contribution in [0.15, 0.2) is 30.3 Å². The van der Waals surface area contributed by atoms with Crippen LogP contribution in [0.25, 0.3) is 0 Å². The molecule has 0 saturated carbocycles. The van der Waals surface area contributed by atoms with Crippen LogP contribution in [0.4, 0.5) is 0 Å². The summed E-state index contributed by atoms with van der Waals surface area (Å²) in [5.74, 6) is 0. The molecule has 0 spiro atoms. The first-order valence-electron chi connectivity index (χ1n) is 6.58. The average molecular weight is 233 g/mol. The van der Waals surface area contributed by atoms with Crippen LogP contribution in [0.1, 0.15) is 32.3 Å². The molecule has 0 radical (unpaired) electrons. The Morgan fingerprint density at radius 2 is 2.00 bits per heavy atom. The van der Waals surface area contributed by atoms with Gasteiger partial charge in [-0.3, -0.25) is 4.90 Å². The van der Waals surface area contributed by atoms with Gasteiger partial charge in [0.25, 0.3) is 0 Å². The number of hydrogen-bond acceptors (Lipinski definition) is 2. The van der Waals surface area contributed by atoms with E-state index in [0.717, 1.165) is 25.9 Å². The van der Waals surface area contributed by atoms with Crippen LogP contribution < -0.4 is 0 Å². The van der Waals surface area contributed by atoms with E-state index in [-0.39, 0.29) is 0 Å². The number of benzene rings is 1. The van der Waals surface area contributed by atoms with Crippen molar-refractivity contribution in [1.29, 1.82) is 0 Å². The van der Waals surface area contributed by atoms with Crippen molar-refractivity contribution in [3.8, 4) is 0 Å². The smallest absolute Gasteiger partial charge is 0.0746 e. The third kappa shape index (κ3) is 3.30. The maximum Gasteiger partial charge on any atom is 0.0746 e. The molecule has 0 amide bonds. The topological polar surface area (TPSA) is 23.5 Å². The molecule has 1 aliphatic heterocycles. The molecule has 0 aliphatic carbocycles. The Morgan fingerprint density at radius 1 is 1.29 bits per heavy atom. The van der Waals surface area contributed by atoms with Gasteiger partial charge in [0, 0.05) is 12.6 Å². The van der Waals surface area contributed by atoms with Gasteiger partial charge in [-0.1, -0.05) is 30.3 Å². The Bertz CT molecular complexity index is 342. The molecule has 2 nitrogen and oxygen atoms in total. The lowest BCUT2D eigenvalue weighted by molar-refractivity contribution is -0.00195. The molecule has 2 rings (SSSR count). The van der Waals surface area contributed by atoms with Crippen molar-refractivity contribution in [3.05, 3.63) is 35.9 Å². The molecule has 1 fully saturated rings. The summed E-state index contributed by atoms with van der Waals surface area (Å²) in [6, 6.07) is 10.9. The van der Waals surface area contributed by atoms with Crippen LogP contribution in [-0.4, -0.2) is 34.7 Å². The van der Waals surface area contributed by atoms with Gasteiger partial charge in [0.1, 0.15) is 0 Å².